The first-order valence-corrected chi connectivity index (χ1v) is 10.6. The molecule has 2 aliphatic carbocycles. The van der Waals surface area contributed by atoms with E-state index < -0.39 is 17.2 Å². The number of ether oxygens (including phenoxy) is 2. The van der Waals surface area contributed by atoms with Gasteiger partial charge in [0.2, 0.25) is 0 Å². The number of aliphatic imine (C=N–C) groups is 1. The van der Waals surface area contributed by atoms with E-state index in [1.54, 1.807) is 0 Å². The standard InChI is InChI=1S/C23H39NO4/c1-20(2,3)27-18(25)11-10-16(19(26)28-21(4,5)6)24-17-14-15-12-13-23(17,9)22(15,7)8/h15-16H,10-14H2,1-9H3/t15-,16-,23+/m1/s1. The van der Waals surface area contributed by atoms with E-state index in [0.717, 1.165) is 18.6 Å². The average molecular weight is 394 g/mol. The van der Waals surface area contributed by atoms with Crippen molar-refractivity contribution in [2.24, 2.45) is 21.7 Å². The molecular formula is C23H39NO4. The molecule has 0 heterocycles. The van der Waals surface area contributed by atoms with Crippen LogP contribution in [0.5, 0.6) is 0 Å². The lowest BCUT2D eigenvalue weighted by Crippen LogP contribution is -2.36. The largest absolute Gasteiger partial charge is 0.460 e. The molecule has 0 aromatic carbocycles. The van der Waals surface area contributed by atoms with E-state index >= 15 is 0 Å². The molecule has 0 radical (unpaired) electrons. The molecule has 0 N–H and O–H groups in total. The monoisotopic (exact) mass is 393 g/mol. The molecular weight excluding hydrogens is 354 g/mol. The maximum Gasteiger partial charge on any atom is 0.331 e. The number of hydrogen-bond acceptors (Lipinski definition) is 5. The van der Waals surface area contributed by atoms with Crippen molar-refractivity contribution in [3.8, 4) is 0 Å². The second-order valence-corrected chi connectivity index (χ2v) is 11.2. The highest BCUT2D eigenvalue weighted by Crippen LogP contribution is 2.64. The second-order valence-electron chi connectivity index (χ2n) is 11.2. The molecule has 0 spiro atoms. The Morgan fingerprint density at radius 2 is 1.64 bits per heavy atom. The summed E-state index contributed by atoms with van der Waals surface area (Å²) >= 11 is 0. The van der Waals surface area contributed by atoms with Crippen molar-refractivity contribution in [3.63, 3.8) is 0 Å². The van der Waals surface area contributed by atoms with Gasteiger partial charge in [-0.25, -0.2) is 4.79 Å². The van der Waals surface area contributed by atoms with Crippen LogP contribution in [0.3, 0.4) is 0 Å². The molecule has 28 heavy (non-hydrogen) atoms. The molecule has 2 rings (SSSR count). The van der Waals surface area contributed by atoms with Gasteiger partial charge in [0.1, 0.15) is 17.2 Å². The molecule has 2 saturated carbocycles. The number of nitrogens with zero attached hydrogens (tertiary/aromatic N) is 1. The first-order chi connectivity index (χ1) is 12.6. The van der Waals surface area contributed by atoms with Gasteiger partial charge in [-0.2, -0.15) is 0 Å². The van der Waals surface area contributed by atoms with Crippen molar-refractivity contribution >= 4 is 17.7 Å². The van der Waals surface area contributed by atoms with Gasteiger partial charge in [-0.05, 0) is 78.6 Å². The fourth-order valence-corrected chi connectivity index (χ4v) is 4.56. The zero-order chi connectivity index (χ0) is 21.5. The highest BCUT2D eigenvalue weighted by atomic mass is 16.6. The van der Waals surface area contributed by atoms with Crippen LogP contribution >= 0.6 is 0 Å². The molecule has 160 valence electrons. The molecule has 5 heteroatoms. The van der Waals surface area contributed by atoms with Crippen LogP contribution in [0.25, 0.3) is 0 Å². The molecule has 0 unspecified atom stereocenters. The molecule has 0 aromatic heterocycles. The van der Waals surface area contributed by atoms with Gasteiger partial charge in [0.15, 0.2) is 0 Å². The quantitative estimate of drug-likeness (QED) is 0.609. The van der Waals surface area contributed by atoms with E-state index in [9.17, 15) is 9.59 Å². The van der Waals surface area contributed by atoms with Crippen LogP contribution in [0.1, 0.15) is 94.4 Å². The Labute approximate surface area is 170 Å². The minimum Gasteiger partial charge on any atom is -0.460 e. The summed E-state index contributed by atoms with van der Waals surface area (Å²) in [5, 5.41) is 0. The molecule has 0 aliphatic heterocycles. The summed E-state index contributed by atoms with van der Waals surface area (Å²) in [7, 11) is 0. The Morgan fingerprint density at radius 3 is 2.07 bits per heavy atom. The van der Waals surface area contributed by atoms with E-state index in [2.05, 4.69) is 20.8 Å². The maximum atomic E-state index is 12.8. The van der Waals surface area contributed by atoms with Crippen LogP contribution in [0, 0.1) is 16.7 Å². The van der Waals surface area contributed by atoms with E-state index in [1.165, 1.54) is 6.42 Å². The summed E-state index contributed by atoms with van der Waals surface area (Å²) in [6.07, 6.45) is 3.74. The lowest BCUT2D eigenvalue weighted by molar-refractivity contribution is -0.157. The van der Waals surface area contributed by atoms with Crippen LogP contribution in [0.2, 0.25) is 0 Å². The molecule has 5 nitrogen and oxygen atoms in total. The van der Waals surface area contributed by atoms with Crippen molar-refractivity contribution in [2.75, 3.05) is 0 Å². The average Bonchev–Trinajstić information content (AvgIpc) is 2.80. The van der Waals surface area contributed by atoms with Crippen molar-refractivity contribution in [2.45, 2.75) is 112 Å². The van der Waals surface area contributed by atoms with Gasteiger partial charge in [0, 0.05) is 17.5 Å². The maximum absolute atomic E-state index is 12.8. The number of fused-ring (bicyclic) bond motifs is 2. The molecule has 0 saturated heterocycles. The molecule has 2 aliphatic rings. The van der Waals surface area contributed by atoms with Crippen molar-refractivity contribution in [1.82, 2.24) is 0 Å². The van der Waals surface area contributed by atoms with Gasteiger partial charge in [-0.3, -0.25) is 9.79 Å². The van der Waals surface area contributed by atoms with Gasteiger partial charge in [0.25, 0.3) is 0 Å². The number of hydrogen-bond donors (Lipinski definition) is 0. The third-order valence-electron chi connectivity index (χ3n) is 6.54. The Kier molecular flexibility index (Phi) is 6.10. The third kappa shape index (κ3) is 4.96. The summed E-state index contributed by atoms with van der Waals surface area (Å²) < 4.78 is 11.0. The Balaban J connectivity index is 2.20. The molecule has 2 bridgehead atoms. The summed E-state index contributed by atoms with van der Waals surface area (Å²) in [5.74, 6) is -0.0464. The highest BCUT2D eigenvalue weighted by molar-refractivity contribution is 5.96. The first-order valence-electron chi connectivity index (χ1n) is 10.6. The summed E-state index contributed by atoms with van der Waals surface area (Å²) in [5.41, 5.74) is 0.208. The molecule has 3 atom stereocenters. The van der Waals surface area contributed by atoms with Crippen LogP contribution in [0.15, 0.2) is 4.99 Å². The van der Waals surface area contributed by atoms with Crippen LogP contribution in [-0.2, 0) is 19.1 Å². The predicted octanol–water partition coefficient (Wildman–Crippen LogP) is 5.11. The van der Waals surface area contributed by atoms with E-state index in [1.807, 2.05) is 41.5 Å². The minimum atomic E-state index is -0.659. The van der Waals surface area contributed by atoms with Crippen LogP contribution in [-0.4, -0.2) is 34.9 Å². The third-order valence-corrected chi connectivity index (χ3v) is 6.54. The van der Waals surface area contributed by atoms with Crippen molar-refractivity contribution in [3.05, 3.63) is 0 Å². The normalized spacial score (nSPS) is 29.0. The Bertz CT molecular complexity index is 650. The molecule has 0 aromatic rings. The van der Waals surface area contributed by atoms with Gasteiger partial charge >= 0.3 is 11.9 Å². The second kappa shape index (κ2) is 7.46. The summed E-state index contributed by atoms with van der Waals surface area (Å²) in [4.78, 5) is 29.9. The lowest BCUT2D eigenvalue weighted by Gasteiger charge is -2.35. The zero-order valence-electron chi connectivity index (χ0n) is 19.3. The number of esters is 2. The zero-order valence-corrected chi connectivity index (χ0v) is 19.3. The summed E-state index contributed by atoms with van der Waals surface area (Å²) in [6.45, 7) is 18.0. The van der Waals surface area contributed by atoms with Crippen LogP contribution in [0.4, 0.5) is 0 Å². The predicted molar refractivity (Wildman–Crippen MR) is 111 cm³/mol. The number of carbonyl (C=O) groups excluding carboxylic acids is 2. The van der Waals surface area contributed by atoms with E-state index in [-0.39, 0.29) is 29.2 Å². The molecule has 2 fully saturated rings. The van der Waals surface area contributed by atoms with Gasteiger partial charge in [0.05, 0.1) is 0 Å². The number of carbonyl (C=O) groups is 2. The smallest absolute Gasteiger partial charge is 0.331 e. The van der Waals surface area contributed by atoms with Crippen molar-refractivity contribution < 1.29 is 19.1 Å². The van der Waals surface area contributed by atoms with Crippen molar-refractivity contribution in [1.29, 1.82) is 0 Å². The lowest BCUT2D eigenvalue weighted by atomic mass is 9.70. The highest BCUT2D eigenvalue weighted by Gasteiger charge is 2.59. The van der Waals surface area contributed by atoms with Gasteiger partial charge in [-0.15, -0.1) is 0 Å². The van der Waals surface area contributed by atoms with Crippen LogP contribution < -0.4 is 0 Å². The Morgan fingerprint density at radius 1 is 1.07 bits per heavy atom. The first kappa shape index (κ1) is 22.9. The van der Waals surface area contributed by atoms with Gasteiger partial charge < -0.3 is 9.47 Å². The van der Waals surface area contributed by atoms with Gasteiger partial charge in [-0.1, -0.05) is 20.8 Å². The Hall–Kier alpha value is -1.39. The fourth-order valence-electron chi connectivity index (χ4n) is 4.56. The minimum absolute atomic E-state index is 0.0177. The number of rotatable bonds is 5. The van der Waals surface area contributed by atoms with E-state index in [0.29, 0.717) is 12.3 Å². The topological polar surface area (TPSA) is 65.0 Å². The fraction of sp³-hybridized carbons (Fsp3) is 0.870. The van der Waals surface area contributed by atoms with E-state index in [4.69, 9.17) is 14.5 Å². The summed E-state index contributed by atoms with van der Waals surface area (Å²) in [6, 6.07) is -0.659. The SMILES string of the molecule is CC(C)(C)OC(=O)CC[C@@H](N=C1C[C@H]2CC[C@]1(C)C2(C)C)C(=O)OC(C)(C)C. The molecule has 0 amide bonds.